The summed E-state index contributed by atoms with van der Waals surface area (Å²) in [5, 5.41) is 15.6. The monoisotopic (exact) mass is 602 g/mol. The van der Waals surface area contributed by atoms with E-state index in [-0.39, 0.29) is 29.6 Å². The predicted molar refractivity (Wildman–Crippen MR) is 170 cm³/mol. The number of anilines is 2. The van der Waals surface area contributed by atoms with Crippen molar-refractivity contribution in [2.45, 2.75) is 90.9 Å². The van der Waals surface area contributed by atoms with E-state index in [2.05, 4.69) is 24.5 Å². The minimum atomic E-state index is -0.909. The summed E-state index contributed by atoms with van der Waals surface area (Å²) in [5.74, 6) is -0.792. The SMILES string of the molecule is CC(C)Cc1cc(Oc2ccc(NC(=O)C3CCCCC3C(=O)O)cc2)ccc1NC(=O)C1CCCCC1C(=O)C1CCC1. The molecule has 236 valence electrons. The van der Waals surface area contributed by atoms with E-state index in [1.807, 2.05) is 18.2 Å². The van der Waals surface area contributed by atoms with Gasteiger partial charge < -0.3 is 20.5 Å². The average Bonchev–Trinajstić information content (AvgIpc) is 2.98. The highest BCUT2D eigenvalue weighted by molar-refractivity contribution is 5.98. The number of carboxylic acids is 1. The normalized spacial score (nSPS) is 23.8. The quantitative estimate of drug-likeness (QED) is 0.243. The lowest BCUT2D eigenvalue weighted by molar-refractivity contribution is -0.147. The van der Waals surface area contributed by atoms with Crippen LogP contribution in [0.2, 0.25) is 0 Å². The van der Waals surface area contributed by atoms with Gasteiger partial charge in [-0.3, -0.25) is 19.2 Å². The van der Waals surface area contributed by atoms with Crippen LogP contribution in [-0.4, -0.2) is 28.7 Å². The van der Waals surface area contributed by atoms with E-state index in [0.29, 0.717) is 41.7 Å². The van der Waals surface area contributed by atoms with Gasteiger partial charge in [-0.2, -0.15) is 0 Å². The number of benzene rings is 2. The molecule has 0 aliphatic heterocycles. The molecule has 2 aromatic carbocycles. The molecule has 2 aromatic rings. The number of carbonyl (C=O) groups excluding carboxylic acids is 3. The van der Waals surface area contributed by atoms with E-state index >= 15 is 0 Å². The van der Waals surface area contributed by atoms with Gasteiger partial charge in [-0.1, -0.05) is 46.0 Å². The van der Waals surface area contributed by atoms with Crippen LogP contribution in [0.4, 0.5) is 11.4 Å². The van der Waals surface area contributed by atoms with Crippen LogP contribution >= 0.6 is 0 Å². The molecule has 4 unspecified atom stereocenters. The van der Waals surface area contributed by atoms with Gasteiger partial charge >= 0.3 is 5.97 Å². The first-order valence-electron chi connectivity index (χ1n) is 16.5. The van der Waals surface area contributed by atoms with E-state index < -0.39 is 17.8 Å². The van der Waals surface area contributed by atoms with Gasteiger partial charge in [-0.15, -0.1) is 0 Å². The summed E-state index contributed by atoms with van der Waals surface area (Å²) in [5.41, 5.74) is 2.33. The summed E-state index contributed by atoms with van der Waals surface area (Å²) in [6, 6.07) is 12.7. The zero-order valence-electron chi connectivity index (χ0n) is 26.0. The number of carbonyl (C=O) groups is 4. The van der Waals surface area contributed by atoms with Gasteiger partial charge in [0.25, 0.3) is 0 Å². The molecule has 0 spiro atoms. The van der Waals surface area contributed by atoms with E-state index in [0.717, 1.165) is 75.5 Å². The highest BCUT2D eigenvalue weighted by Gasteiger charge is 2.40. The number of carboxylic acid groups (broad SMARTS) is 1. The van der Waals surface area contributed by atoms with E-state index in [9.17, 15) is 24.3 Å². The topological polar surface area (TPSA) is 122 Å². The highest BCUT2D eigenvalue weighted by Crippen LogP contribution is 2.39. The fourth-order valence-electron chi connectivity index (χ4n) is 7.09. The van der Waals surface area contributed by atoms with Gasteiger partial charge in [0.2, 0.25) is 11.8 Å². The van der Waals surface area contributed by atoms with Crippen LogP contribution in [-0.2, 0) is 25.6 Å². The fourth-order valence-corrected chi connectivity index (χ4v) is 7.09. The highest BCUT2D eigenvalue weighted by atomic mass is 16.5. The number of Topliss-reactive ketones (excluding diaryl/α,β-unsaturated/α-hetero) is 1. The third kappa shape index (κ3) is 7.69. The van der Waals surface area contributed by atoms with E-state index in [1.54, 1.807) is 24.3 Å². The molecule has 0 radical (unpaired) electrons. The Kier molecular flexibility index (Phi) is 10.4. The Morgan fingerprint density at radius 3 is 1.89 bits per heavy atom. The van der Waals surface area contributed by atoms with Crippen LogP contribution in [0, 0.1) is 35.5 Å². The van der Waals surface area contributed by atoms with Crippen LogP contribution < -0.4 is 15.4 Å². The van der Waals surface area contributed by atoms with Crippen LogP contribution in [0.15, 0.2) is 42.5 Å². The van der Waals surface area contributed by atoms with Crippen molar-refractivity contribution in [1.82, 2.24) is 0 Å². The Bertz CT molecular complexity index is 1350. The van der Waals surface area contributed by atoms with Crippen molar-refractivity contribution < 1.29 is 29.0 Å². The Morgan fingerprint density at radius 1 is 0.727 bits per heavy atom. The molecular formula is C36H46N2O6. The predicted octanol–water partition coefficient (Wildman–Crippen LogP) is 7.62. The summed E-state index contributed by atoms with van der Waals surface area (Å²) in [4.78, 5) is 51.1. The maximum Gasteiger partial charge on any atom is 0.307 e. The second kappa shape index (κ2) is 14.4. The first-order chi connectivity index (χ1) is 21.2. The second-order valence-electron chi connectivity index (χ2n) is 13.4. The number of amides is 2. The third-order valence-corrected chi connectivity index (χ3v) is 9.72. The van der Waals surface area contributed by atoms with Crippen LogP contribution in [0.1, 0.15) is 90.0 Å². The van der Waals surface area contributed by atoms with Crippen molar-refractivity contribution in [3.8, 4) is 11.5 Å². The number of rotatable bonds is 11. The molecule has 0 aromatic heterocycles. The Morgan fingerprint density at radius 2 is 1.30 bits per heavy atom. The standard InChI is InChI=1S/C36H46N2O6/c1-22(2)20-24-21-27(18-19-32(24)38-35(41)29-11-4-3-10-28(29)33(39)23-8-7-9-23)44-26-16-14-25(15-17-26)37-34(40)30-12-5-6-13-31(30)36(42)43/h14-19,21-23,28-31H,3-13,20H2,1-2H3,(H,37,40)(H,38,41)(H,42,43). The smallest absolute Gasteiger partial charge is 0.307 e. The Balaban J connectivity index is 1.24. The molecule has 3 saturated carbocycles. The summed E-state index contributed by atoms with van der Waals surface area (Å²) < 4.78 is 6.15. The van der Waals surface area contributed by atoms with Crippen molar-refractivity contribution in [3.63, 3.8) is 0 Å². The van der Waals surface area contributed by atoms with Gasteiger partial charge in [0.05, 0.1) is 11.8 Å². The molecule has 0 bridgehead atoms. The lowest BCUT2D eigenvalue weighted by atomic mass is 9.69. The molecule has 8 heteroatoms. The molecule has 2 amide bonds. The lowest BCUT2D eigenvalue weighted by Gasteiger charge is -2.35. The first kappa shape index (κ1) is 31.7. The molecule has 0 saturated heterocycles. The van der Waals surface area contributed by atoms with Gasteiger partial charge in [0, 0.05) is 29.1 Å². The van der Waals surface area contributed by atoms with E-state index in [1.165, 1.54) is 0 Å². The van der Waals surface area contributed by atoms with Gasteiger partial charge in [0.1, 0.15) is 17.3 Å². The maximum atomic E-state index is 13.5. The third-order valence-electron chi connectivity index (χ3n) is 9.72. The lowest BCUT2D eigenvalue weighted by Crippen LogP contribution is -2.40. The molecule has 3 N–H and O–H groups in total. The Hall–Kier alpha value is -3.68. The van der Waals surface area contributed by atoms with Crippen molar-refractivity contribution in [1.29, 1.82) is 0 Å². The number of hydrogen-bond donors (Lipinski definition) is 3. The average molecular weight is 603 g/mol. The zero-order chi connectivity index (χ0) is 31.2. The summed E-state index contributed by atoms with van der Waals surface area (Å²) in [6.07, 6.45) is 10.2. The van der Waals surface area contributed by atoms with Crippen molar-refractivity contribution >= 4 is 34.9 Å². The largest absolute Gasteiger partial charge is 0.481 e. The molecular weight excluding hydrogens is 556 g/mol. The number of aliphatic carboxylic acids is 1. The number of hydrogen-bond acceptors (Lipinski definition) is 5. The van der Waals surface area contributed by atoms with Crippen molar-refractivity contribution in [2.24, 2.45) is 35.5 Å². The van der Waals surface area contributed by atoms with Crippen molar-refractivity contribution in [3.05, 3.63) is 48.0 Å². The summed E-state index contributed by atoms with van der Waals surface area (Å²) in [7, 11) is 0. The molecule has 8 nitrogen and oxygen atoms in total. The van der Waals surface area contributed by atoms with Gasteiger partial charge in [-0.25, -0.2) is 0 Å². The number of ether oxygens (including phenoxy) is 1. The molecule has 3 aliphatic rings. The van der Waals surface area contributed by atoms with Gasteiger partial charge in [0.15, 0.2) is 0 Å². The number of nitrogens with one attached hydrogen (secondary N) is 2. The first-order valence-corrected chi connectivity index (χ1v) is 16.5. The molecule has 0 heterocycles. The maximum absolute atomic E-state index is 13.5. The van der Waals surface area contributed by atoms with Crippen LogP contribution in [0.5, 0.6) is 11.5 Å². The fraction of sp³-hybridized carbons (Fsp3) is 0.556. The molecule has 44 heavy (non-hydrogen) atoms. The molecule has 4 atom stereocenters. The zero-order valence-corrected chi connectivity index (χ0v) is 26.0. The summed E-state index contributed by atoms with van der Waals surface area (Å²) >= 11 is 0. The minimum absolute atomic E-state index is 0.0541. The van der Waals surface area contributed by atoms with Crippen LogP contribution in [0.25, 0.3) is 0 Å². The Labute approximate surface area is 260 Å². The van der Waals surface area contributed by atoms with E-state index in [4.69, 9.17) is 4.74 Å². The van der Waals surface area contributed by atoms with Crippen molar-refractivity contribution in [2.75, 3.05) is 10.6 Å². The second-order valence-corrected chi connectivity index (χ2v) is 13.4. The molecule has 3 fully saturated rings. The number of ketones is 1. The summed E-state index contributed by atoms with van der Waals surface area (Å²) in [6.45, 7) is 4.26. The minimum Gasteiger partial charge on any atom is -0.481 e. The van der Waals surface area contributed by atoms with Crippen LogP contribution in [0.3, 0.4) is 0 Å². The van der Waals surface area contributed by atoms with Gasteiger partial charge in [-0.05, 0) is 98.9 Å². The molecule has 3 aliphatic carbocycles. The molecule has 5 rings (SSSR count).